The van der Waals surface area contributed by atoms with Gasteiger partial charge in [0.05, 0.1) is 12.4 Å². The van der Waals surface area contributed by atoms with Crippen LogP contribution in [-0.4, -0.2) is 6.61 Å². The minimum absolute atomic E-state index is 0.493. The van der Waals surface area contributed by atoms with E-state index >= 15 is 0 Å². The molecular formula is C6H11O. The first kappa shape index (κ1) is 6.54. The third-order valence-corrected chi connectivity index (χ3v) is 0.701. The van der Waals surface area contributed by atoms with E-state index in [2.05, 4.69) is 13.5 Å². The smallest absolute Gasteiger partial charge is 0.0885 e. The van der Waals surface area contributed by atoms with E-state index in [0.29, 0.717) is 6.61 Å². The number of ether oxygens (including phenoxy) is 1. The fraction of sp³-hybridized carbons (Fsp3) is 0.500. The highest BCUT2D eigenvalue weighted by molar-refractivity contribution is 4.79. The number of allylic oxidation sites excluding steroid dienone is 1. The van der Waals surface area contributed by atoms with Crippen LogP contribution in [0.25, 0.3) is 0 Å². The van der Waals surface area contributed by atoms with Gasteiger partial charge in [0.2, 0.25) is 0 Å². The molecule has 7 heavy (non-hydrogen) atoms. The van der Waals surface area contributed by atoms with Crippen molar-refractivity contribution in [2.24, 2.45) is 0 Å². The Bertz CT molecular complexity index is 57.2. The molecule has 0 rings (SSSR count). The molecule has 0 spiro atoms. The summed E-state index contributed by atoms with van der Waals surface area (Å²) in [7, 11) is 0. The molecule has 0 bridgehead atoms. The Balaban J connectivity index is 3.00. The van der Waals surface area contributed by atoms with Crippen LogP contribution >= 0.6 is 0 Å². The van der Waals surface area contributed by atoms with Gasteiger partial charge in [-0.25, -0.2) is 0 Å². The van der Waals surface area contributed by atoms with Crippen LogP contribution < -0.4 is 0 Å². The third-order valence-electron chi connectivity index (χ3n) is 0.701. The van der Waals surface area contributed by atoms with Crippen LogP contribution in [0.2, 0.25) is 0 Å². The zero-order valence-electron chi connectivity index (χ0n) is 4.74. The predicted octanol–water partition coefficient (Wildman–Crippen LogP) is 1.76. The van der Waals surface area contributed by atoms with Crippen LogP contribution in [0.1, 0.15) is 13.3 Å². The standard InChI is InChI=1S/C6H11O/c1-4-6(3)7-5-2/h2-5H2,1H3. The van der Waals surface area contributed by atoms with Crippen molar-refractivity contribution in [3.8, 4) is 0 Å². The minimum atomic E-state index is 0.493. The van der Waals surface area contributed by atoms with Gasteiger partial charge in [-0.3, -0.25) is 0 Å². The molecule has 0 heterocycles. The van der Waals surface area contributed by atoms with Gasteiger partial charge < -0.3 is 4.74 Å². The molecule has 0 aromatic heterocycles. The zero-order valence-corrected chi connectivity index (χ0v) is 4.74. The minimum Gasteiger partial charge on any atom is -0.499 e. The Morgan fingerprint density at radius 2 is 2.29 bits per heavy atom. The van der Waals surface area contributed by atoms with Crippen molar-refractivity contribution in [2.45, 2.75) is 13.3 Å². The summed E-state index contributed by atoms with van der Waals surface area (Å²) in [5.74, 6) is 0.815. The molecule has 0 unspecified atom stereocenters. The van der Waals surface area contributed by atoms with E-state index in [1.165, 1.54) is 0 Å². The second kappa shape index (κ2) is 3.72. The normalized spacial score (nSPS) is 8.29. The fourth-order valence-electron chi connectivity index (χ4n) is 0.246. The predicted molar refractivity (Wildman–Crippen MR) is 30.7 cm³/mol. The zero-order chi connectivity index (χ0) is 5.70. The summed E-state index contributed by atoms with van der Waals surface area (Å²) < 4.78 is 4.89. The highest BCUT2D eigenvalue weighted by Crippen LogP contribution is 1.95. The summed E-state index contributed by atoms with van der Waals surface area (Å²) >= 11 is 0. The number of hydrogen-bond donors (Lipinski definition) is 0. The maximum atomic E-state index is 4.89. The molecule has 0 aliphatic carbocycles. The van der Waals surface area contributed by atoms with Crippen LogP contribution in [0, 0.1) is 6.92 Å². The molecule has 0 amide bonds. The fourth-order valence-corrected chi connectivity index (χ4v) is 0.246. The molecule has 0 aliphatic heterocycles. The van der Waals surface area contributed by atoms with Crippen molar-refractivity contribution in [1.29, 1.82) is 0 Å². The largest absolute Gasteiger partial charge is 0.499 e. The van der Waals surface area contributed by atoms with E-state index in [1.54, 1.807) is 0 Å². The van der Waals surface area contributed by atoms with E-state index in [4.69, 9.17) is 4.74 Å². The topological polar surface area (TPSA) is 9.23 Å². The quantitative estimate of drug-likeness (QED) is 0.490. The highest BCUT2D eigenvalue weighted by Gasteiger charge is 1.82. The molecular weight excluding hydrogens is 88.1 g/mol. The molecule has 41 valence electrons. The number of hydrogen-bond acceptors (Lipinski definition) is 1. The Kier molecular flexibility index (Phi) is 3.48. The maximum absolute atomic E-state index is 4.89. The average Bonchev–Trinajstić information content (AvgIpc) is 1.68. The van der Waals surface area contributed by atoms with Crippen molar-refractivity contribution >= 4 is 0 Å². The van der Waals surface area contributed by atoms with Gasteiger partial charge in [0, 0.05) is 6.42 Å². The second-order valence-corrected chi connectivity index (χ2v) is 1.24. The van der Waals surface area contributed by atoms with E-state index in [1.807, 2.05) is 6.92 Å². The van der Waals surface area contributed by atoms with Crippen LogP contribution in [0.15, 0.2) is 12.3 Å². The van der Waals surface area contributed by atoms with Gasteiger partial charge in [-0.2, -0.15) is 0 Å². The lowest BCUT2D eigenvalue weighted by molar-refractivity contribution is 0.239. The van der Waals surface area contributed by atoms with Gasteiger partial charge in [0.15, 0.2) is 0 Å². The van der Waals surface area contributed by atoms with Crippen molar-refractivity contribution in [3.63, 3.8) is 0 Å². The molecule has 1 heteroatoms. The van der Waals surface area contributed by atoms with Crippen molar-refractivity contribution in [1.82, 2.24) is 0 Å². The molecule has 0 N–H and O–H groups in total. The van der Waals surface area contributed by atoms with Crippen LogP contribution in [0.4, 0.5) is 0 Å². The SMILES string of the molecule is [CH2]COC(=C)CC. The van der Waals surface area contributed by atoms with E-state index in [9.17, 15) is 0 Å². The Morgan fingerprint density at radius 1 is 1.71 bits per heavy atom. The summed E-state index contributed by atoms with van der Waals surface area (Å²) in [6, 6.07) is 0. The van der Waals surface area contributed by atoms with Gasteiger partial charge in [0.25, 0.3) is 0 Å². The molecule has 0 saturated heterocycles. The summed E-state index contributed by atoms with van der Waals surface area (Å²) in [4.78, 5) is 0. The first-order valence-electron chi connectivity index (χ1n) is 2.41. The van der Waals surface area contributed by atoms with E-state index in [0.717, 1.165) is 12.2 Å². The second-order valence-electron chi connectivity index (χ2n) is 1.24. The van der Waals surface area contributed by atoms with Gasteiger partial charge in [-0.15, -0.1) is 0 Å². The van der Waals surface area contributed by atoms with Crippen LogP contribution in [-0.2, 0) is 4.74 Å². The lowest BCUT2D eigenvalue weighted by Crippen LogP contribution is -1.86. The molecule has 1 nitrogen and oxygen atoms in total. The third kappa shape index (κ3) is 3.37. The Labute approximate surface area is 45.0 Å². The summed E-state index contributed by atoms with van der Waals surface area (Å²) in [6.45, 7) is 9.58. The summed E-state index contributed by atoms with van der Waals surface area (Å²) in [6.07, 6.45) is 0.884. The van der Waals surface area contributed by atoms with Gasteiger partial charge in [-0.1, -0.05) is 13.5 Å². The van der Waals surface area contributed by atoms with E-state index < -0.39 is 0 Å². The molecule has 0 aliphatic rings. The van der Waals surface area contributed by atoms with Crippen LogP contribution in [0.3, 0.4) is 0 Å². The molecule has 0 atom stereocenters. The van der Waals surface area contributed by atoms with Crippen molar-refractivity contribution in [3.05, 3.63) is 19.3 Å². The lowest BCUT2D eigenvalue weighted by Gasteiger charge is -2.00. The highest BCUT2D eigenvalue weighted by atomic mass is 16.5. The first-order valence-corrected chi connectivity index (χ1v) is 2.41. The molecule has 1 radical (unpaired) electrons. The lowest BCUT2D eigenvalue weighted by atomic mass is 10.4. The van der Waals surface area contributed by atoms with Crippen LogP contribution in [0.5, 0.6) is 0 Å². The first-order chi connectivity index (χ1) is 3.31. The van der Waals surface area contributed by atoms with E-state index in [-0.39, 0.29) is 0 Å². The summed E-state index contributed by atoms with van der Waals surface area (Å²) in [5.41, 5.74) is 0. The molecule has 0 aromatic rings. The summed E-state index contributed by atoms with van der Waals surface area (Å²) in [5, 5.41) is 0. The maximum Gasteiger partial charge on any atom is 0.0885 e. The molecule has 0 saturated carbocycles. The van der Waals surface area contributed by atoms with Gasteiger partial charge in [-0.05, 0) is 6.92 Å². The van der Waals surface area contributed by atoms with Crippen molar-refractivity contribution in [2.75, 3.05) is 6.61 Å². The van der Waals surface area contributed by atoms with Gasteiger partial charge >= 0.3 is 0 Å². The Hall–Kier alpha value is -0.460. The molecule has 0 aromatic carbocycles. The van der Waals surface area contributed by atoms with Crippen molar-refractivity contribution < 1.29 is 4.74 Å². The monoisotopic (exact) mass is 99.1 g/mol. The average molecular weight is 99.2 g/mol. The molecule has 0 fully saturated rings. The van der Waals surface area contributed by atoms with Gasteiger partial charge in [0.1, 0.15) is 0 Å². The Morgan fingerprint density at radius 3 is 2.43 bits per heavy atom. The number of rotatable bonds is 3.